The molecule has 0 unspecified atom stereocenters. The normalized spacial score (nSPS) is 10.9. The third kappa shape index (κ3) is 2.59. The molecule has 0 radical (unpaired) electrons. The van der Waals surface area contributed by atoms with Crippen molar-refractivity contribution in [2.75, 3.05) is 5.73 Å². The van der Waals surface area contributed by atoms with Crippen molar-refractivity contribution in [2.24, 2.45) is 0 Å². The summed E-state index contributed by atoms with van der Waals surface area (Å²) in [6.45, 7) is 5.84. The Balaban J connectivity index is 2.37. The van der Waals surface area contributed by atoms with E-state index in [0.29, 0.717) is 16.7 Å². The molecule has 3 N–H and O–H groups in total. The van der Waals surface area contributed by atoms with Crippen molar-refractivity contribution < 1.29 is 4.74 Å². The number of nitrogen functional groups attached to an aromatic ring is 1. The molecule has 96 valence electrons. The van der Waals surface area contributed by atoms with Crippen LogP contribution in [0.4, 0.5) is 5.95 Å². The summed E-state index contributed by atoms with van der Waals surface area (Å²) in [6, 6.07) is 5.61. The van der Waals surface area contributed by atoms with Crippen LogP contribution in [-0.2, 0) is 0 Å². The lowest BCUT2D eigenvalue weighted by Gasteiger charge is -2.11. The van der Waals surface area contributed by atoms with E-state index in [4.69, 9.17) is 22.1 Å². The Labute approximate surface area is 111 Å². The van der Waals surface area contributed by atoms with Crippen LogP contribution in [0.3, 0.4) is 0 Å². The van der Waals surface area contributed by atoms with E-state index < -0.39 is 0 Å². The van der Waals surface area contributed by atoms with Gasteiger partial charge in [-0.25, -0.2) is 4.98 Å². The number of nitrogens with two attached hydrogens (primary N) is 1. The van der Waals surface area contributed by atoms with Gasteiger partial charge in [-0.2, -0.15) is 0 Å². The van der Waals surface area contributed by atoms with Gasteiger partial charge >= 0.3 is 0 Å². The summed E-state index contributed by atoms with van der Waals surface area (Å²) in [5.74, 6) is 1.08. The van der Waals surface area contributed by atoms with E-state index in [1.54, 1.807) is 0 Å². The van der Waals surface area contributed by atoms with Crippen molar-refractivity contribution >= 4 is 17.5 Å². The summed E-state index contributed by atoms with van der Waals surface area (Å²) in [6.07, 6.45) is 0.0936. The first-order valence-electron chi connectivity index (χ1n) is 5.76. The molecule has 1 aromatic heterocycles. The Morgan fingerprint density at radius 3 is 2.61 bits per heavy atom. The van der Waals surface area contributed by atoms with Gasteiger partial charge in [0.1, 0.15) is 5.75 Å². The van der Waals surface area contributed by atoms with Crippen LogP contribution in [-0.4, -0.2) is 16.1 Å². The van der Waals surface area contributed by atoms with Gasteiger partial charge in [-0.3, -0.25) is 0 Å². The van der Waals surface area contributed by atoms with E-state index in [9.17, 15) is 0 Å². The number of aryl methyl sites for hydroxylation is 1. The van der Waals surface area contributed by atoms with Gasteiger partial charge in [0.2, 0.25) is 0 Å². The van der Waals surface area contributed by atoms with Crippen LogP contribution in [0.25, 0.3) is 11.3 Å². The summed E-state index contributed by atoms with van der Waals surface area (Å²) < 4.78 is 5.59. The predicted molar refractivity (Wildman–Crippen MR) is 73.9 cm³/mol. The molecule has 18 heavy (non-hydrogen) atoms. The van der Waals surface area contributed by atoms with Crippen LogP contribution in [0.1, 0.15) is 19.5 Å². The molecule has 4 nitrogen and oxygen atoms in total. The van der Waals surface area contributed by atoms with Crippen LogP contribution < -0.4 is 10.5 Å². The van der Waals surface area contributed by atoms with Gasteiger partial charge in [-0.1, -0.05) is 11.6 Å². The molecule has 0 amide bonds. The van der Waals surface area contributed by atoms with Crippen LogP contribution >= 0.6 is 11.6 Å². The highest BCUT2D eigenvalue weighted by Gasteiger charge is 2.10. The molecule has 0 aliphatic rings. The van der Waals surface area contributed by atoms with Gasteiger partial charge in [0.05, 0.1) is 16.8 Å². The number of aromatic nitrogens is 2. The molecule has 5 heteroatoms. The summed E-state index contributed by atoms with van der Waals surface area (Å²) in [7, 11) is 0. The van der Waals surface area contributed by atoms with E-state index in [2.05, 4.69) is 9.97 Å². The Morgan fingerprint density at radius 1 is 1.39 bits per heavy atom. The van der Waals surface area contributed by atoms with Crippen LogP contribution in [0, 0.1) is 6.92 Å². The minimum Gasteiger partial charge on any atom is -0.489 e. The van der Waals surface area contributed by atoms with Gasteiger partial charge in [0.25, 0.3) is 0 Å². The van der Waals surface area contributed by atoms with Gasteiger partial charge in [-0.15, -0.1) is 0 Å². The molecule has 1 aromatic carbocycles. The molecule has 0 aliphatic heterocycles. The van der Waals surface area contributed by atoms with Gasteiger partial charge in [0.15, 0.2) is 5.95 Å². The third-order valence-corrected chi connectivity index (χ3v) is 2.77. The van der Waals surface area contributed by atoms with Crippen molar-refractivity contribution in [3.8, 4) is 17.0 Å². The second kappa shape index (κ2) is 4.90. The zero-order valence-electron chi connectivity index (χ0n) is 10.6. The standard InChI is InChI=1S/C13H16ClN3O/c1-7(2)18-11-5-4-9(6-10(11)14)12-8(3)16-13(15)17-12/h4-7H,1-3H3,(H3,15,16,17). The van der Waals surface area contributed by atoms with Gasteiger partial charge < -0.3 is 15.5 Å². The van der Waals surface area contributed by atoms with Crippen LogP contribution in [0.5, 0.6) is 5.75 Å². The maximum atomic E-state index is 6.19. The maximum absolute atomic E-state index is 6.19. The lowest BCUT2D eigenvalue weighted by Crippen LogP contribution is -2.05. The second-order valence-corrected chi connectivity index (χ2v) is 4.81. The Hall–Kier alpha value is -1.68. The average Bonchev–Trinajstić information content (AvgIpc) is 2.60. The number of imidazole rings is 1. The number of ether oxygens (including phenoxy) is 1. The first-order chi connectivity index (χ1) is 8.47. The summed E-state index contributed by atoms with van der Waals surface area (Å²) >= 11 is 6.19. The topological polar surface area (TPSA) is 63.9 Å². The monoisotopic (exact) mass is 265 g/mol. The fourth-order valence-corrected chi connectivity index (χ4v) is 1.99. The Morgan fingerprint density at radius 2 is 2.11 bits per heavy atom. The summed E-state index contributed by atoms with van der Waals surface area (Å²) in [4.78, 5) is 7.20. The molecule has 1 heterocycles. The fraction of sp³-hybridized carbons (Fsp3) is 0.308. The quantitative estimate of drug-likeness (QED) is 0.894. The smallest absolute Gasteiger partial charge is 0.198 e. The Kier molecular flexibility index (Phi) is 3.48. The fourth-order valence-electron chi connectivity index (χ4n) is 1.76. The molecule has 0 atom stereocenters. The molecular formula is C13H16ClN3O. The third-order valence-electron chi connectivity index (χ3n) is 2.47. The number of nitrogens with one attached hydrogen (secondary N) is 1. The van der Waals surface area contributed by atoms with E-state index >= 15 is 0 Å². The van der Waals surface area contributed by atoms with Crippen molar-refractivity contribution in [2.45, 2.75) is 26.9 Å². The number of H-pyrrole nitrogens is 1. The number of nitrogens with zero attached hydrogens (tertiary/aromatic N) is 1. The van der Waals surface area contributed by atoms with Gasteiger partial charge in [-0.05, 0) is 39.0 Å². The van der Waals surface area contributed by atoms with Crippen molar-refractivity contribution in [3.05, 3.63) is 28.9 Å². The minimum absolute atomic E-state index is 0.0936. The second-order valence-electron chi connectivity index (χ2n) is 4.41. The number of benzene rings is 1. The van der Waals surface area contributed by atoms with Crippen molar-refractivity contribution in [1.82, 2.24) is 9.97 Å². The lowest BCUT2D eigenvalue weighted by molar-refractivity contribution is 0.242. The number of rotatable bonds is 3. The highest BCUT2D eigenvalue weighted by Crippen LogP contribution is 2.31. The predicted octanol–water partition coefficient (Wildman–Crippen LogP) is 3.41. The molecule has 0 saturated carbocycles. The molecular weight excluding hydrogens is 250 g/mol. The molecule has 0 saturated heterocycles. The SMILES string of the molecule is Cc1[nH]c(N)nc1-c1ccc(OC(C)C)c(Cl)c1. The van der Waals surface area contributed by atoms with Gasteiger partial charge in [0, 0.05) is 11.3 Å². The molecule has 0 fully saturated rings. The largest absolute Gasteiger partial charge is 0.489 e. The molecule has 0 bridgehead atoms. The molecule has 2 rings (SSSR count). The Bertz CT molecular complexity index is 563. The maximum Gasteiger partial charge on any atom is 0.198 e. The van der Waals surface area contributed by atoms with Crippen LogP contribution in [0.2, 0.25) is 5.02 Å². The van der Waals surface area contributed by atoms with Crippen molar-refractivity contribution in [1.29, 1.82) is 0 Å². The lowest BCUT2D eigenvalue weighted by atomic mass is 10.1. The van der Waals surface area contributed by atoms with E-state index in [-0.39, 0.29) is 6.10 Å². The summed E-state index contributed by atoms with van der Waals surface area (Å²) in [5.41, 5.74) is 8.27. The number of hydrogen-bond donors (Lipinski definition) is 2. The number of hydrogen-bond acceptors (Lipinski definition) is 3. The van der Waals surface area contributed by atoms with Crippen LogP contribution in [0.15, 0.2) is 18.2 Å². The first-order valence-corrected chi connectivity index (χ1v) is 6.14. The van der Waals surface area contributed by atoms with E-state index in [1.807, 2.05) is 39.0 Å². The zero-order chi connectivity index (χ0) is 13.3. The number of halogens is 1. The van der Waals surface area contributed by atoms with E-state index in [0.717, 1.165) is 17.0 Å². The highest BCUT2D eigenvalue weighted by atomic mass is 35.5. The minimum atomic E-state index is 0.0936. The molecule has 0 spiro atoms. The number of aromatic amines is 1. The van der Waals surface area contributed by atoms with E-state index in [1.165, 1.54) is 0 Å². The van der Waals surface area contributed by atoms with Crippen molar-refractivity contribution in [3.63, 3.8) is 0 Å². The first kappa shape index (κ1) is 12.8. The highest BCUT2D eigenvalue weighted by molar-refractivity contribution is 6.32. The summed E-state index contributed by atoms with van der Waals surface area (Å²) in [5, 5.41) is 0.571. The molecule has 2 aromatic rings. The average molecular weight is 266 g/mol. The number of anilines is 1. The molecule has 0 aliphatic carbocycles. The zero-order valence-corrected chi connectivity index (χ0v) is 11.4.